The van der Waals surface area contributed by atoms with E-state index in [1.807, 2.05) is 41.5 Å². The Bertz CT molecular complexity index is 4420. The van der Waals surface area contributed by atoms with Crippen molar-refractivity contribution < 1.29 is 140 Å². The average Bonchev–Trinajstić information content (AvgIpc) is 0.748. The van der Waals surface area contributed by atoms with Gasteiger partial charge in [0.2, 0.25) is 0 Å². The van der Waals surface area contributed by atoms with Crippen LogP contribution in [-0.4, -0.2) is 152 Å². The van der Waals surface area contributed by atoms with E-state index in [0.717, 1.165) is 123 Å². The summed E-state index contributed by atoms with van der Waals surface area (Å²) in [5.74, 6) is -7.62. The number of ether oxygens (including phenoxy) is 10. The molecule has 0 amide bonds. The van der Waals surface area contributed by atoms with Crippen LogP contribution in [0.1, 0.15) is 211 Å². The molecule has 20 rings (SSSR count). The maximum Gasteiger partial charge on any atom is 0.377 e. The van der Waals surface area contributed by atoms with Crippen molar-refractivity contribution in [3.63, 3.8) is 0 Å². The average molecular weight is 2110 g/mol. The van der Waals surface area contributed by atoms with Crippen LogP contribution >= 0.6 is 0 Å². The quantitative estimate of drug-likeness (QED) is 0.0160. The summed E-state index contributed by atoms with van der Waals surface area (Å²) in [6.45, 7) is 38.7. The van der Waals surface area contributed by atoms with Crippen molar-refractivity contribution in [2.45, 2.75) is 268 Å². The topological polar surface area (TPSA) is 181 Å². The molecule has 14 aliphatic rings. The molecule has 6 aromatic carbocycles. The van der Waals surface area contributed by atoms with Crippen molar-refractivity contribution in [2.75, 3.05) is 75.9 Å². The highest BCUT2D eigenvalue weighted by Gasteiger charge is 2.61. The molecular weight excluding hydrogens is 1970 g/mol. The molecule has 2 heterocycles. The fraction of sp³-hybridized carbons (Fsp3) is 0.593. The molecule has 730 valence electrons. The zero-order valence-electron chi connectivity index (χ0n) is 80.6. The van der Waals surface area contributed by atoms with Gasteiger partial charge in [0.25, 0.3) is 11.9 Å². The predicted octanol–water partition coefficient (Wildman–Crippen LogP) is 16.9. The SMILES string of the molecule is C=C(OCC12CC3CC(C1)C(OC(=O)C(C)(F)F)C(C3)C2)OC(C)(C)C.C=C(OCC12CC3CC(C1)C(OC(=O)COC(=O)C(C)(F)F)C(C3)C2)OC(C)(C)C.CC(C)(C)c1ccc([S+]2CCOCC2)cc1.CC(C)(C)c1ccc([S+]2CCOCC2)cc1.CC(F)(F)C(=O)OC1C2CC3CC1CC(CO)(C3)C2.c1ccc([I+]c2ccccc2)cc1.c1ccc([I+]c2ccccc2)cc1. The van der Waals surface area contributed by atoms with Crippen LogP contribution in [0.4, 0.5) is 26.3 Å². The van der Waals surface area contributed by atoms with Gasteiger partial charge in [-0.2, -0.15) is 26.3 Å². The van der Waals surface area contributed by atoms with Crippen molar-refractivity contribution in [2.24, 2.45) is 69.5 Å². The van der Waals surface area contributed by atoms with E-state index < -0.39 is 48.3 Å². The lowest BCUT2D eigenvalue weighted by atomic mass is 9.48. The molecule has 0 aromatic heterocycles. The van der Waals surface area contributed by atoms with Crippen LogP contribution < -0.4 is 42.4 Å². The van der Waals surface area contributed by atoms with Gasteiger partial charge in [-0.05, 0) is 304 Å². The van der Waals surface area contributed by atoms with E-state index in [-0.39, 0.29) is 141 Å². The standard InChI is InChI=1S/C22H32F2O6.C20H30F2O4.C14H20F2O3.2C14H21OS.2C12H10I/c1-13(30-20(2,3)4)28-12-22-8-14-6-15(9-22)18(16(7-14)10-22)29-17(25)11-27-19(26)21(5,23)24;1-12(26-18(2,3)4)24-11-20-8-13-6-14(9-20)16(15(7-13)10-20)25-17(23)19(5,21)22;1-13(15,16)12(18)19-11-9-2-8-3-10(11)6-14(4-8,5-9)7-17;2*1-14(2,3)12-4-6-13(7-5-12)16-10-8-15-9-11-16;2*1-3-7-11(8-4-1)13-12-9-5-2-6-10-12/h14-16,18H,1,6-12H2,2-5H3;13-16H,1,6-11H2,2-5H3;8-11,17H,2-7H2,1H3;2*4-7H,8-11H2,1-3H3;2*1-10H/q;;;4*+1. The minimum Gasteiger partial charge on any atom is -0.465 e. The minimum atomic E-state index is -3.63. The van der Waals surface area contributed by atoms with Crippen molar-refractivity contribution in [3.05, 3.63) is 220 Å². The lowest BCUT2D eigenvalue weighted by molar-refractivity contribution is -0.597. The van der Waals surface area contributed by atoms with Gasteiger partial charge >= 0.3 is 84.1 Å². The number of esters is 4. The van der Waals surface area contributed by atoms with Gasteiger partial charge in [0.05, 0.1) is 39.6 Å². The lowest BCUT2D eigenvalue weighted by Crippen LogP contribution is -3.61. The number of carbonyl (C=O) groups is 4. The number of carbonyl (C=O) groups excluding carboxylic acids is 4. The van der Waals surface area contributed by atoms with Gasteiger partial charge in [-0.3, -0.25) is 0 Å². The summed E-state index contributed by atoms with van der Waals surface area (Å²) >= 11 is 0.0574. The van der Waals surface area contributed by atoms with Gasteiger partial charge in [0.15, 0.2) is 30.7 Å². The van der Waals surface area contributed by atoms with Gasteiger partial charge in [0.1, 0.15) is 52.5 Å². The van der Waals surface area contributed by atoms with Crippen LogP contribution in [0.5, 0.6) is 0 Å². The lowest BCUT2D eigenvalue weighted by Gasteiger charge is -2.59. The fourth-order valence-corrected chi connectivity index (χ4v) is 29.8. The number of halogens is 8. The summed E-state index contributed by atoms with van der Waals surface area (Å²) in [5, 5.41) is 9.60. The number of hydrogen-bond donors (Lipinski definition) is 1. The third-order valence-corrected chi connectivity index (χ3v) is 36.6. The number of alkyl halides is 6. The molecule has 2 saturated heterocycles. The minimum absolute atomic E-state index is 0.0122. The van der Waals surface area contributed by atoms with E-state index >= 15 is 0 Å². The van der Waals surface area contributed by atoms with Crippen LogP contribution in [0, 0.1) is 83.8 Å². The van der Waals surface area contributed by atoms with E-state index in [2.05, 4.69) is 229 Å². The molecule has 15 nitrogen and oxygen atoms in total. The van der Waals surface area contributed by atoms with Gasteiger partial charge in [-0.15, -0.1) is 0 Å². The van der Waals surface area contributed by atoms with Crippen molar-refractivity contribution >= 4 is 45.7 Å². The van der Waals surface area contributed by atoms with Gasteiger partial charge in [0, 0.05) is 60.0 Å². The Morgan fingerprint density at radius 1 is 0.376 bits per heavy atom. The smallest absolute Gasteiger partial charge is 0.377 e. The van der Waals surface area contributed by atoms with E-state index in [4.69, 9.17) is 42.6 Å². The summed E-state index contributed by atoms with van der Waals surface area (Å²) in [4.78, 5) is 49.3. The first-order valence-electron chi connectivity index (χ1n) is 47.3. The normalized spacial score (nSPS) is 27.1. The maximum atomic E-state index is 13.2. The van der Waals surface area contributed by atoms with Crippen LogP contribution in [-0.2, 0) is 99.2 Å². The van der Waals surface area contributed by atoms with E-state index in [9.17, 15) is 50.6 Å². The second-order valence-corrected chi connectivity index (χ2v) is 53.3. The van der Waals surface area contributed by atoms with Crippen LogP contribution in [0.2, 0.25) is 0 Å². The van der Waals surface area contributed by atoms with Crippen molar-refractivity contribution in [3.8, 4) is 0 Å². The molecular formula is C108H144F6I2O15S2+4. The number of benzene rings is 6. The van der Waals surface area contributed by atoms with Crippen molar-refractivity contribution in [1.29, 1.82) is 0 Å². The summed E-state index contributed by atoms with van der Waals surface area (Å²) in [6.07, 6.45) is 13.0. The van der Waals surface area contributed by atoms with Crippen molar-refractivity contribution in [1.82, 2.24) is 0 Å². The molecule has 6 atom stereocenters. The molecule has 0 spiro atoms. The molecule has 12 aliphatic carbocycles. The first-order chi connectivity index (χ1) is 62.5. The first kappa shape index (κ1) is 107. The Hall–Kier alpha value is -6.50. The number of aliphatic hydroxyl groups is 1. The number of hydrogen-bond acceptors (Lipinski definition) is 15. The monoisotopic (exact) mass is 2110 g/mol. The van der Waals surface area contributed by atoms with Gasteiger partial charge in [-0.25, -0.2) is 19.2 Å². The maximum absolute atomic E-state index is 13.2. The first-order valence-corrected chi connectivity index (χ1v) is 54.7. The molecule has 12 saturated carbocycles. The Morgan fingerprint density at radius 3 is 0.910 bits per heavy atom. The molecule has 25 heteroatoms. The molecule has 6 aromatic rings. The zero-order valence-corrected chi connectivity index (χ0v) is 86.6. The summed E-state index contributed by atoms with van der Waals surface area (Å²) < 4.78 is 138. The predicted molar refractivity (Wildman–Crippen MR) is 503 cm³/mol. The zero-order chi connectivity index (χ0) is 96.5. The Kier molecular flexibility index (Phi) is 37.4. The molecule has 6 unspecified atom stereocenters. The molecule has 0 radical (unpaired) electrons. The fourth-order valence-electron chi connectivity index (χ4n) is 21.6. The van der Waals surface area contributed by atoms with E-state index in [1.54, 1.807) is 0 Å². The highest BCUT2D eigenvalue weighted by molar-refractivity contribution is 7.97. The van der Waals surface area contributed by atoms with Gasteiger partial charge < -0.3 is 52.5 Å². The number of rotatable bonds is 23. The van der Waals surface area contributed by atoms with Crippen LogP contribution in [0.15, 0.2) is 205 Å². The molecule has 1 N–H and O–H groups in total. The highest BCUT2D eigenvalue weighted by Crippen LogP contribution is 2.64. The van der Waals surface area contributed by atoms with E-state index in [0.29, 0.717) is 85.4 Å². The second-order valence-electron chi connectivity index (χ2n) is 42.7. The molecule has 133 heavy (non-hydrogen) atoms. The molecule has 12 bridgehead atoms. The van der Waals surface area contributed by atoms with Crippen LogP contribution in [0.25, 0.3) is 0 Å². The van der Waals surface area contributed by atoms with Crippen LogP contribution in [0.3, 0.4) is 0 Å². The molecule has 14 fully saturated rings. The third-order valence-electron chi connectivity index (χ3n) is 26.7. The summed E-state index contributed by atoms with van der Waals surface area (Å²) in [6, 6.07) is 61.2. The molecule has 2 aliphatic heterocycles. The number of aliphatic hydroxyl groups excluding tert-OH is 1. The second kappa shape index (κ2) is 46.5. The van der Waals surface area contributed by atoms with Gasteiger partial charge in [-0.1, -0.05) is 139 Å². The van der Waals surface area contributed by atoms with E-state index in [1.165, 1.54) is 58.2 Å². The Morgan fingerprint density at radius 2 is 0.647 bits per heavy atom. The largest absolute Gasteiger partial charge is 0.465 e. The Balaban J connectivity index is 0.000000153. The Labute approximate surface area is 813 Å². The summed E-state index contributed by atoms with van der Waals surface area (Å²) in [7, 11) is 0.864. The third kappa shape index (κ3) is 32.6. The summed E-state index contributed by atoms with van der Waals surface area (Å²) in [5.41, 5.74) is 2.63. The highest BCUT2D eigenvalue weighted by atomic mass is 127.